The summed E-state index contributed by atoms with van der Waals surface area (Å²) in [6.07, 6.45) is 2.02. The van der Waals surface area contributed by atoms with Crippen LogP contribution in [0.4, 0.5) is 0 Å². The van der Waals surface area contributed by atoms with Crippen molar-refractivity contribution >= 4 is 63.6 Å². The summed E-state index contributed by atoms with van der Waals surface area (Å²) in [5.74, 6) is -1.35. The van der Waals surface area contributed by atoms with Gasteiger partial charge >= 0.3 is 0 Å². The molecule has 1 unspecified atom stereocenters. The van der Waals surface area contributed by atoms with E-state index in [0.29, 0.717) is 52.5 Å². The molecule has 3 heterocycles. The van der Waals surface area contributed by atoms with Crippen LogP contribution in [0, 0.1) is 5.41 Å². The number of hydrogen-bond acceptors (Lipinski definition) is 6. The molecule has 2 fully saturated rings. The van der Waals surface area contributed by atoms with Gasteiger partial charge in [0.2, 0.25) is 23.5 Å². The molecule has 13 heteroatoms. The average molecular weight is 689 g/mol. The van der Waals surface area contributed by atoms with Gasteiger partial charge in [0.15, 0.2) is 5.82 Å². The van der Waals surface area contributed by atoms with E-state index in [1.807, 2.05) is 30.3 Å². The summed E-state index contributed by atoms with van der Waals surface area (Å²) in [6.45, 7) is 0.264. The predicted molar refractivity (Wildman–Crippen MR) is 183 cm³/mol. The third kappa shape index (κ3) is 6.65. The van der Waals surface area contributed by atoms with Gasteiger partial charge in [0.1, 0.15) is 17.9 Å². The number of nitrogens with two attached hydrogens (primary N) is 1. The molecule has 0 radical (unpaired) electrons. The first-order chi connectivity index (χ1) is 23.0. The summed E-state index contributed by atoms with van der Waals surface area (Å²) in [5.41, 5.74) is 9.27. The number of carbonyl (C=O) groups is 4. The maximum Gasteiger partial charge on any atom is 0.245 e. The highest BCUT2D eigenvalue weighted by molar-refractivity contribution is 6.42. The summed E-state index contributed by atoms with van der Waals surface area (Å²) in [5, 5.41) is 11.7. The van der Waals surface area contributed by atoms with Gasteiger partial charge in [-0.15, -0.1) is 0 Å². The summed E-state index contributed by atoms with van der Waals surface area (Å²) < 4.78 is 1.69. The Hall–Kier alpha value is -4.74. The molecule has 3 atom stereocenters. The van der Waals surface area contributed by atoms with Crippen LogP contribution in [0.25, 0.3) is 11.0 Å². The van der Waals surface area contributed by atoms with E-state index >= 15 is 0 Å². The van der Waals surface area contributed by atoms with Crippen LogP contribution in [0.5, 0.6) is 0 Å². The van der Waals surface area contributed by atoms with Crippen LogP contribution in [0.15, 0.2) is 66.7 Å². The van der Waals surface area contributed by atoms with E-state index in [2.05, 4.69) is 10.3 Å². The van der Waals surface area contributed by atoms with Crippen LogP contribution >= 0.6 is 23.2 Å². The second kappa shape index (κ2) is 13.8. The molecule has 0 saturated carbocycles. The van der Waals surface area contributed by atoms with Gasteiger partial charge in [-0.25, -0.2) is 4.98 Å². The Balaban J connectivity index is 1.18. The molecule has 6 rings (SSSR count). The number of carbonyl (C=O) groups excluding carboxylic acids is 4. The number of aryl methyl sites for hydroxylation is 2. The first kappa shape index (κ1) is 33.2. The molecule has 48 heavy (non-hydrogen) atoms. The van der Waals surface area contributed by atoms with Crippen LogP contribution < -0.4 is 11.1 Å². The van der Waals surface area contributed by atoms with Gasteiger partial charge in [0, 0.05) is 25.6 Å². The van der Waals surface area contributed by atoms with Crippen LogP contribution in [0.3, 0.4) is 0 Å². The van der Waals surface area contributed by atoms with Gasteiger partial charge in [0.25, 0.3) is 0 Å². The van der Waals surface area contributed by atoms with E-state index in [0.717, 1.165) is 11.1 Å². The van der Waals surface area contributed by atoms with Crippen molar-refractivity contribution in [2.24, 2.45) is 12.8 Å². The maximum absolute atomic E-state index is 14.1. The number of benzene rings is 3. The lowest BCUT2D eigenvalue weighted by Crippen LogP contribution is -2.62. The van der Waals surface area contributed by atoms with Crippen molar-refractivity contribution in [2.75, 3.05) is 13.1 Å². The molecule has 3 aromatic carbocycles. The van der Waals surface area contributed by atoms with Crippen LogP contribution in [0.1, 0.15) is 46.6 Å². The molecule has 2 aliphatic heterocycles. The van der Waals surface area contributed by atoms with E-state index in [1.165, 1.54) is 4.90 Å². The highest BCUT2D eigenvalue weighted by Gasteiger charge is 2.49. The lowest BCUT2D eigenvalue weighted by Gasteiger charge is -2.38. The van der Waals surface area contributed by atoms with Crippen molar-refractivity contribution in [3.05, 3.63) is 99.3 Å². The second-order valence-electron chi connectivity index (χ2n) is 12.2. The first-order valence-electron chi connectivity index (χ1n) is 15.7. The molecule has 4 N–H and O–H groups in total. The minimum absolute atomic E-state index is 0.102. The number of aromatic nitrogens is 2. The van der Waals surface area contributed by atoms with E-state index in [9.17, 15) is 19.2 Å². The Kier molecular flexibility index (Phi) is 9.52. The van der Waals surface area contributed by atoms with Crippen molar-refractivity contribution < 1.29 is 19.2 Å². The van der Waals surface area contributed by atoms with Gasteiger partial charge in [0.05, 0.1) is 33.7 Å². The SMILES string of the molecule is Cn1c(C(=O)C(Cc2cccc(C(=N)N)c2)NC(=O)[C@@H]2CC[C@H]3C(=O)N(CCCc4ccc(Cl)c(Cl)c4)CC(=O)N23)nc2ccccc21. The van der Waals surface area contributed by atoms with Crippen molar-refractivity contribution in [3.63, 3.8) is 0 Å². The number of amides is 3. The summed E-state index contributed by atoms with van der Waals surface area (Å²) >= 11 is 12.1. The molecule has 2 aliphatic rings. The number of nitrogens with zero attached hydrogens (tertiary/aromatic N) is 4. The van der Waals surface area contributed by atoms with Crippen molar-refractivity contribution in [3.8, 4) is 0 Å². The molecular weight excluding hydrogens is 653 g/mol. The van der Waals surface area contributed by atoms with E-state index < -0.39 is 29.8 Å². The lowest BCUT2D eigenvalue weighted by atomic mass is 9.99. The van der Waals surface area contributed by atoms with E-state index in [4.69, 9.17) is 34.3 Å². The highest BCUT2D eigenvalue weighted by Crippen LogP contribution is 2.30. The first-order valence-corrected chi connectivity index (χ1v) is 16.5. The zero-order chi connectivity index (χ0) is 34.1. The Bertz CT molecular complexity index is 1940. The molecule has 11 nitrogen and oxygen atoms in total. The number of nitrogens with one attached hydrogen (secondary N) is 2. The lowest BCUT2D eigenvalue weighted by molar-refractivity contribution is -0.157. The zero-order valence-corrected chi connectivity index (χ0v) is 27.8. The van der Waals surface area contributed by atoms with Crippen LogP contribution in [0.2, 0.25) is 10.0 Å². The molecule has 248 valence electrons. The fourth-order valence-corrected chi connectivity index (χ4v) is 6.97. The number of amidine groups is 1. The number of imidazole rings is 1. The Morgan fingerprint density at radius 1 is 1.02 bits per heavy atom. The number of fused-ring (bicyclic) bond motifs is 2. The van der Waals surface area contributed by atoms with Crippen molar-refractivity contribution in [1.82, 2.24) is 24.7 Å². The second-order valence-corrected chi connectivity index (χ2v) is 13.1. The Morgan fingerprint density at radius 2 is 1.81 bits per heavy atom. The van der Waals surface area contributed by atoms with Crippen molar-refractivity contribution in [1.29, 1.82) is 5.41 Å². The molecule has 0 bridgehead atoms. The third-order valence-electron chi connectivity index (χ3n) is 9.09. The normalized spacial score (nSPS) is 18.2. The van der Waals surface area contributed by atoms with Gasteiger partial charge in [-0.05, 0) is 67.1 Å². The number of nitrogen functional groups attached to an aromatic ring is 1. The predicted octanol–water partition coefficient (Wildman–Crippen LogP) is 3.91. The number of halogens is 2. The number of Topliss-reactive ketones (excluding diaryl/α,β-unsaturated/α-hetero) is 1. The summed E-state index contributed by atoms with van der Waals surface area (Å²) in [4.78, 5) is 62.4. The largest absolute Gasteiger partial charge is 0.384 e. The van der Waals surface area contributed by atoms with Crippen molar-refractivity contribution in [2.45, 2.75) is 50.2 Å². The molecule has 0 spiro atoms. The van der Waals surface area contributed by atoms with Gasteiger partial charge in [-0.3, -0.25) is 24.6 Å². The molecule has 4 aromatic rings. The van der Waals surface area contributed by atoms with Gasteiger partial charge in [-0.1, -0.05) is 59.6 Å². The van der Waals surface area contributed by atoms with Gasteiger partial charge in [-0.2, -0.15) is 0 Å². The number of rotatable bonds is 11. The molecule has 1 aromatic heterocycles. The fraction of sp³-hybridized carbons (Fsp3) is 0.314. The third-order valence-corrected chi connectivity index (χ3v) is 9.83. The fourth-order valence-electron chi connectivity index (χ4n) is 6.65. The molecule has 2 saturated heterocycles. The highest BCUT2D eigenvalue weighted by atomic mass is 35.5. The summed E-state index contributed by atoms with van der Waals surface area (Å²) in [7, 11) is 1.74. The number of piperazine rings is 1. The van der Waals surface area contributed by atoms with Crippen LogP contribution in [-0.4, -0.2) is 79.9 Å². The van der Waals surface area contributed by atoms with E-state index in [1.54, 1.807) is 52.9 Å². The molecular formula is C35H35Cl2N7O4. The number of ketones is 1. The summed E-state index contributed by atoms with van der Waals surface area (Å²) in [6, 6.07) is 17.0. The van der Waals surface area contributed by atoms with Crippen LogP contribution in [-0.2, 0) is 34.3 Å². The zero-order valence-electron chi connectivity index (χ0n) is 26.3. The standard InChI is InChI=1S/C35H35Cl2N7O4/c1-42-27-10-3-2-9-25(27)40-33(42)31(46)26(18-21-6-4-8-22(16-21)32(38)39)41-34(47)28-13-14-29-35(48)43(19-30(45)44(28)29)15-5-7-20-11-12-23(36)24(37)17-20/h2-4,6,8-12,16-17,26,28-29H,5,7,13-15,18-19H2,1H3,(H3,38,39)(H,41,47)/t26?,28-,29-/m0/s1. The minimum atomic E-state index is -1.04. The van der Waals surface area contributed by atoms with E-state index in [-0.39, 0.29) is 42.9 Å². The molecule has 0 aliphatic carbocycles. The number of para-hydroxylation sites is 2. The molecule has 3 amide bonds. The smallest absolute Gasteiger partial charge is 0.245 e. The number of hydrogen-bond donors (Lipinski definition) is 3. The topological polar surface area (TPSA) is 154 Å². The monoisotopic (exact) mass is 687 g/mol. The minimum Gasteiger partial charge on any atom is -0.384 e. The Morgan fingerprint density at radius 3 is 2.56 bits per heavy atom. The quantitative estimate of drug-likeness (QED) is 0.123. The average Bonchev–Trinajstić information content (AvgIpc) is 3.67. The maximum atomic E-state index is 14.1. The Labute approximate surface area is 287 Å². The van der Waals surface area contributed by atoms with Gasteiger partial charge < -0.3 is 25.4 Å².